The Kier molecular flexibility index (Phi) is 4.37. The Labute approximate surface area is 118 Å². The van der Waals surface area contributed by atoms with Crippen LogP contribution in [0.4, 0.5) is 0 Å². The molecule has 20 heavy (non-hydrogen) atoms. The number of hydrogen-bond donors (Lipinski definition) is 2. The lowest BCUT2D eigenvalue weighted by Crippen LogP contribution is -2.56. The zero-order chi connectivity index (χ0) is 14.6. The molecule has 2 rings (SSSR count). The number of aliphatic carboxylic acids is 1. The molecule has 5 heteroatoms. The van der Waals surface area contributed by atoms with Gasteiger partial charge in [-0.1, -0.05) is 6.92 Å². The summed E-state index contributed by atoms with van der Waals surface area (Å²) in [5, 5.41) is 12.2. The standard InChI is InChI=1S/C15H20N2O3/c1-11-2-6-15(7-3-11,14(19)20)17-13(18)10-12-4-8-16-9-5-12/h4-5,8-9,11H,2-3,6-7,10H2,1H3,(H,17,18)(H,19,20). The highest BCUT2D eigenvalue weighted by molar-refractivity contribution is 5.88. The van der Waals surface area contributed by atoms with E-state index >= 15 is 0 Å². The molecule has 1 aromatic rings. The van der Waals surface area contributed by atoms with Gasteiger partial charge < -0.3 is 10.4 Å². The summed E-state index contributed by atoms with van der Waals surface area (Å²) < 4.78 is 0. The van der Waals surface area contributed by atoms with Crippen molar-refractivity contribution in [3.05, 3.63) is 30.1 Å². The Morgan fingerprint density at radius 3 is 2.50 bits per heavy atom. The molecule has 0 aliphatic heterocycles. The first-order valence-corrected chi connectivity index (χ1v) is 6.95. The van der Waals surface area contributed by atoms with Gasteiger partial charge in [-0.3, -0.25) is 9.78 Å². The normalized spacial score (nSPS) is 25.9. The summed E-state index contributed by atoms with van der Waals surface area (Å²) in [5.74, 6) is -0.639. The quantitative estimate of drug-likeness (QED) is 0.878. The molecular formula is C15H20N2O3. The van der Waals surface area contributed by atoms with E-state index in [-0.39, 0.29) is 12.3 Å². The highest BCUT2D eigenvalue weighted by atomic mass is 16.4. The second-order valence-electron chi connectivity index (χ2n) is 5.65. The van der Waals surface area contributed by atoms with Crippen LogP contribution in [0.3, 0.4) is 0 Å². The number of nitrogens with one attached hydrogen (secondary N) is 1. The molecule has 1 heterocycles. The molecule has 1 amide bonds. The van der Waals surface area contributed by atoms with Crippen LogP contribution in [-0.4, -0.2) is 27.5 Å². The second kappa shape index (κ2) is 6.03. The minimum atomic E-state index is -1.09. The van der Waals surface area contributed by atoms with Crippen LogP contribution in [0.1, 0.15) is 38.2 Å². The van der Waals surface area contributed by atoms with Gasteiger partial charge in [0.25, 0.3) is 0 Å². The molecule has 1 fully saturated rings. The maximum absolute atomic E-state index is 12.1. The maximum Gasteiger partial charge on any atom is 0.329 e. The highest BCUT2D eigenvalue weighted by Crippen LogP contribution is 2.32. The van der Waals surface area contributed by atoms with Crippen LogP contribution in [-0.2, 0) is 16.0 Å². The number of carboxylic acid groups (broad SMARTS) is 1. The van der Waals surface area contributed by atoms with E-state index in [0.717, 1.165) is 18.4 Å². The summed E-state index contributed by atoms with van der Waals surface area (Å²) >= 11 is 0. The molecule has 0 unspecified atom stereocenters. The number of aromatic nitrogens is 1. The lowest BCUT2D eigenvalue weighted by molar-refractivity contribution is -0.149. The number of nitrogens with zero attached hydrogens (tertiary/aromatic N) is 1. The van der Waals surface area contributed by atoms with Crippen LogP contribution in [0.5, 0.6) is 0 Å². The summed E-state index contributed by atoms with van der Waals surface area (Å²) in [6, 6.07) is 3.52. The Morgan fingerprint density at radius 1 is 1.35 bits per heavy atom. The zero-order valence-electron chi connectivity index (χ0n) is 11.6. The van der Waals surface area contributed by atoms with E-state index in [1.165, 1.54) is 0 Å². The van der Waals surface area contributed by atoms with Gasteiger partial charge >= 0.3 is 5.97 Å². The first-order valence-electron chi connectivity index (χ1n) is 6.95. The lowest BCUT2D eigenvalue weighted by Gasteiger charge is -2.36. The largest absolute Gasteiger partial charge is 0.480 e. The molecule has 108 valence electrons. The van der Waals surface area contributed by atoms with Crippen molar-refractivity contribution in [2.45, 2.75) is 44.6 Å². The Morgan fingerprint density at radius 2 is 1.95 bits per heavy atom. The maximum atomic E-state index is 12.1. The van der Waals surface area contributed by atoms with Gasteiger partial charge in [0.2, 0.25) is 5.91 Å². The summed E-state index contributed by atoms with van der Waals surface area (Å²) in [5.41, 5.74) is -0.251. The van der Waals surface area contributed by atoms with Gasteiger partial charge in [0.15, 0.2) is 0 Å². The van der Waals surface area contributed by atoms with Crippen LogP contribution < -0.4 is 5.32 Å². The van der Waals surface area contributed by atoms with Crippen molar-refractivity contribution in [2.75, 3.05) is 0 Å². The van der Waals surface area contributed by atoms with Crippen LogP contribution >= 0.6 is 0 Å². The van der Waals surface area contributed by atoms with E-state index in [1.54, 1.807) is 24.5 Å². The minimum absolute atomic E-state index is 0.188. The van der Waals surface area contributed by atoms with Gasteiger partial charge in [-0.2, -0.15) is 0 Å². The topological polar surface area (TPSA) is 79.3 Å². The molecule has 5 nitrogen and oxygen atoms in total. The smallest absolute Gasteiger partial charge is 0.329 e. The molecule has 0 saturated heterocycles. The van der Waals surface area contributed by atoms with Gasteiger partial charge in [-0.05, 0) is 49.3 Å². The number of rotatable bonds is 4. The van der Waals surface area contributed by atoms with Gasteiger partial charge in [0, 0.05) is 12.4 Å². The second-order valence-corrected chi connectivity index (χ2v) is 5.65. The average Bonchev–Trinajstić information content (AvgIpc) is 2.42. The summed E-state index contributed by atoms with van der Waals surface area (Å²) in [7, 11) is 0. The molecule has 0 radical (unpaired) electrons. The molecule has 0 aromatic carbocycles. The number of carbonyl (C=O) groups is 2. The number of carboxylic acids is 1. The van der Waals surface area contributed by atoms with Gasteiger partial charge in [-0.15, -0.1) is 0 Å². The third kappa shape index (κ3) is 3.35. The molecule has 1 saturated carbocycles. The molecule has 1 aliphatic carbocycles. The van der Waals surface area contributed by atoms with Crippen molar-refractivity contribution in [3.8, 4) is 0 Å². The fraction of sp³-hybridized carbons (Fsp3) is 0.533. The SMILES string of the molecule is CC1CCC(NC(=O)Cc2ccncc2)(C(=O)O)CC1. The Bertz CT molecular complexity index is 479. The summed E-state index contributed by atoms with van der Waals surface area (Å²) in [6.45, 7) is 2.12. The van der Waals surface area contributed by atoms with Crippen molar-refractivity contribution in [3.63, 3.8) is 0 Å². The number of amides is 1. The molecular weight excluding hydrogens is 256 g/mol. The number of hydrogen-bond acceptors (Lipinski definition) is 3. The van der Waals surface area contributed by atoms with Gasteiger partial charge in [-0.25, -0.2) is 4.79 Å². The summed E-state index contributed by atoms with van der Waals surface area (Å²) in [6.07, 6.45) is 6.11. The molecule has 1 aliphatic rings. The van der Waals surface area contributed by atoms with Gasteiger partial charge in [0.1, 0.15) is 5.54 Å². The number of carbonyl (C=O) groups excluding carboxylic acids is 1. The van der Waals surface area contributed by atoms with Crippen molar-refractivity contribution in [2.24, 2.45) is 5.92 Å². The van der Waals surface area contributed by atoms with E-state index in [0.29, 0.717) is 18.8 Å². The average molecular weight is 276 g/mol. The van der Waals surface area contributed by atoms with Crippen LogP contribution in [0, 0.1) is 5.92 Å². The molecule has 1 aromatic heterocycles. The predicted octanol–water partition coefficient (Wildman–Crippen LogP) is 1.77. The van der Waals surface area contributed by atoms with E-state index in [9.17, 15) is 14.7 Å². The van der Waals surface area contributed by atoms with Gasteiger partial charge in [0.05, 0.1) is 6.42 Å². The fourth-order valence-corrected chi connectivity index (χ4v) is 2.64. The molecule has 0 spiro atoms. The van der Waals surface area contributed by atoms with E-state index in [1.807, 2.05) is 0 Å². The first-order chi connectivity index (χ1) is 9.52. The van der Waals surface area contributed by atoms with Crippen molar-refractivity contribution >= 4 is 11.9 Å². The lowest BCUT2D eigenvalue weighted by atomic mass is 9.77. The summed E-state index contributed by atoms with van der Waals surface area (Å²) in [4.78, 5) is 27.5. The minimum Gasteiger partial charge on any atom is -0.480 e. The molecule has 0 atom stereocenters. The monoisotopic (exact) mass is 276 g/mol. The number of pyridine rings is 1. The zero-order valence-corrected chi connectivity index (χ0v) is 11.6. The molecule has 2 N–H and O–H groups in total. The predicted molar refractivity (Wildman–Crippen MR) is 74.1 cm³/mol. The van der Waals surface area contributed by atoms with Crippen molar-refractivity contribution in [1.82, 2.24) is 10.3 Å². The third-order valence-electron chi connectivity index (χ3n) is 4.03. The van der Waals surface area contributed by atoms with Crippen molar-refractivity contribution in [1.29, 1.82) is 0 Å². The van der Waals surface area contributed by atoms with Crippen LogP contribution in [0.15, 0.2) is 24.5 Å². The van der Waals surface area contributed by atoms with Crippen LogP contribution in [0.2, 0.25) is 0 Å². The van der Waals surface area contributed by atoms with E-state index in [2.05, 4.69) is 17.2 Å². The highest BCUT2D eigenvalue weighted by Gasteiger charge is 2.42. The fourth-order valence-electron chi connectivity index (χ4n) is 2.64. The van der Waals surface area contributed by atoms with E-state index in [4.69, 9.17) is 0 Å². The molecule has 0 bridgehead atoms. The van der Waals surface area contributed by atoms with Crippen LogP contribution in [0.25, 0.3) is 0 Å². The third-order valence-corrected chi connectivity index (χ3v) is 4.03. The van der Waals surface area contributed by atoms with E-state index < -0.39 is 11.5 Å². The Balaban J connectivity index is 2.02. The Hall–Kier alpha value is -1.91. The van der Waals surface area contributed by atoms with Crippen molar-refractivity contribution < 1.29 is 14.7 Å². The first kappa shape index (κ1) is 14.5.